The molecule has 0 amide bonds. The van der Waals surface area contributed by atoms with Crippen LogP contribution in [-0.4, -0.2) is 45.3 Å². The van der Waals surface area contributed by atoms with Crippen molar-refractivity contribution >= 4 is 12.2 Å². The van der Waals surface area contributed by atoms with E-state index in [9.17, 15) is 5.11 Å². The first kappa shape index (κ1) is 20.8. The fourth-order valence-corrected chi connectivity index (χ4v) is 4.35. The Labute approximate surface area is 182 Å². The molecular formula is C23H29N4O2S+. The molecule has 30 heavy (non-hydrogen) atoms. The molecule has 0 bridgehead atoms. The molecule has 0 saturated carbocycles. The summed E-state index contributed by atoms with van der Waals surface area (Å²) in [6.45, 7) is 7.10. The van der Waals surface area contributed by atoms with Gasteiger partial charge in [-0.3, -0.25) is 4.57 Å². The predicted molar refractivity (Wildman–Crippen MR) is 120 cm³/mol. The van der Waals surface area contributed by atoms with Crippen LogP contribution >= 0.6 is 12.2 Å². The Balaban J connectivity index is 1.76. The SMILES string of the molecule is CCOc1ccc(-n2c(-c3cccc(C)c3)nn(C[NH+]3CCC[C@@H](O)C3)c2=S)cc1. The second-order valence-corrected chi connectivity index (χ2v) is 8.26. The second-order valence-electron chi connectivity index (χ2n) is 7.90. The van der Waals surface area contributed by atoms with Gasteiger partial charge in [-0.1, -0.05) is 23.8 Å². The highest BCUT2D eigenvalue weighted by Gasteiger charge is 2.23. The Morgan fingerprint density at radius 3 is 2.73 bits per heavy atom. The molecule has 0 spiro atoms. The van der Waals surface area contributed by atoms with Crippen molar-refractivity contribution in [2.24, 2.45) is 0 Å². The summed E-state index contributed by atoms with van der Waals surface area (Å²) in [6, 6.07) is 16.3. The van der Waals surface area contributed by atoms with E-state index in [1.54, 1.807) is 0 Å². The number of hydrogen-bond acceptors (Lipinski definition) is 4. The van der Waals surface area contributed by atoms with Crippen molar-refractivity contribution in [1.29, 1.82) is 0 Å². The minimum Gasteiger partial charge on any atom is -0.494 e. The van der Waals surface area contributed by atoms with E-state index in [2.05, 4.69) is 25.1 Å². The molecule has 158 valence electrons. The van der Waals surface area contributed by atoms with Crippen LogP contribution in [0.5, 0.6) is 5.75 Å². The minimum atomic E-state index is -0.243. The van der Waals surface area contributed by atoms with Gasteiger partial charge in [0.15, 0.2) is 12.5 Å². The highest BCUT2D eigenvalue weighted by atomic mass is 32.1. The number of aliphatic hydroxyl groups excluding tert-OH is 1. The number of aliphatic hydroxyl groups is 1. The van der Waals surface area contributed by atoms with E-state index >= 15 is 0 Å². The molecule has 1 aliphatic heterocycles. The molecule has 4 rings (SSSR count). The molecule has 1 saturated heterocycles. The van der Waals surface area contributed by atoms with Gasteiger partial charge in [0.2, 0.25) is 4.77 Å². The van der Waals surface area contributed by atoms with Crippen molar-refractivity contribution < 1.29 is 14.7 Å². The fourth-order valence-electron chi connectivity index (χ4n) is 4.05. The molecule has 0 aliphatic carbocycles. The van der Waals surface area contributed by atoms with Crippen LogP contribution in [0.4, 0.5) is 0 Å². The quantitative estimate of drug-likeness (QED) is 0.597. The molecule has 1 fully saturated rings. The zero-order valence-electron chi connectivity index (χ0n) is 17.5. The second kappa shape index (κ2) is 9.12. The summed E-state index contributed by atoms with van der Waals surface area (Å²) in [5, 5.41) is 15.0. The lowest BCUT2D eigenvalue weighted by Crippen LogP contribution is -3.13. The average Bonchev–Trinajstić information content (AvgIpc) is 3.05. The van der Waals surface area contributed by atoms with Gasteiger partial charge in [-0.05, 0) is 69.2 Å². The van der Waals surface area contributed by atoms with Crippen LogP contribution in [0.2, 0.25) is 0 Å². The first-order chi connectivity index (χ1) is 14.5. The zero-order valence-corrected chi connectivity index (χ0v) is 18.4. The number of piperidine rings is 1. The number of quaternary nitrogens is 1. The normalized spacial score (nSPS) is 19.0. The third kappa shape index (κ3) is 4.48. The topological polar surface area (TPSA) is 56.7 Å². The van der Waals surface area contributed by atoms with Crippen LogP contribution in [0.1, 0.15) is 25.3 Å². The van der Waals surface area contributed by atoms with E-state index in [-0.39, 0.29) is 6.10 Å². The number of benzene rings is 2. The predicted octanol–water partition coefficient (Wildman–Crippen LogP) is 2.77. The van der Waals surface area contributed by atoms with Crippen LogP contribution in [-0.2, 0) is 6.67 Å². The monoisotopic (exact) mass is 425 g/mol. The molecular weight excluding hydrogens is 396 g/mol. The highest BCUT2D eigenvalue weighted by molar-refractivity contribution is 7.71. The standard InChI is InChI=1S/C23H28N4O2S/c1-3-29-21-11-9-19(10-12-21)27-22(18-7-4-6-17(2)14-18)24-26(23(27)30)16-25-13-5-8-20(28)15-25/h4,6-7,9-12,14,20,28H,3,5,8,13,15-16H2,1-2H3/p+1/t20-/m1/s1. The van der Waals surface area contributed by atoms with Gasteiger partial charge in [0, 0.05) is 5.56 Å². The molecule has 2 aromatic carbocycles. The van der Waals surface area contributed by atoms with E-state index in [1.807, 2.05) is 46.5 Å². The molecule has 2 heterocycles. The molecule has 2 atom stereocenters. The van der Waals surface area contributed by atoms with E-state index < -0.39 is 0 Å². The molecule has 1 unspecified atom stereocenters. The van der Waals surface area contributed by atoms with Gasteiger partial charge in [-0.15, -0.1) is 5.10 Å². The molecule has 1 aliphatic rings. The number of nitrogens with zero attached hydrogens (tertiary/aromatic N) is 3. The first-order valence-electron chi connectivity index (χ1n) is 10.6. The maximum absolute atomic E-state index is 10.0. The van der Waals surface area contributed by atoms with Gasteiger partial charge in [-0.25, -0.2) is 0 Å². The number of ether oxygens (including phenoxy) is 1. The van der Waals surface area contributed by atoms with Crippen molar-refractivity contribution in [3.8, 4) is 22.8 Å². The lowest BCUT2D eigenvalue weighted by Gasteiger charge is -2.26. The average molecular weight is 426 g/mol. The third-order valence-electron chi connectivity index (χ3n) is 5.49. The zero-order chi connectivity index (χ0) is 21.1. The largest absolute Gasteiger partial charge is 0.494 e. The van der Waals surface area contributed by atoms with Crippen molar-refractivity contribution in [2.75, 3.05) is 19.7 Å². The number of aryl methyl sites for hydroxylation is 1. The Morgan fingerprint density at radius 1 is 1.23 bits per heavy atom. The van der Waals surface area contributed by atoms with Gasteiger partial charge in [-0.2, -0.15) is 4.68 Å². The number of rotatable bonds is 6. The summed E-state index contributed by atoms with van der Waals surface area (Å²) in [5.41, 5.74) is 3.17. The van der Waals surface area contributed by atoms with Gasteiger partial charge in [0.25, 0.3) is 0 Å². The molecule has 2 N–H and O–H groups in total. The molecule has 6 nitrogen and oxygen atoms in total. The van der Waals surface area contributed by atoms with Crippen LogP contribution in [0.25, 0.3) is 17.1 Å². The highest BCUT2D eigenvalue weighted by Crippen LogP contribution is 2.25. The molecule has 7 heteroatoms. The van der Waals surface area contributed by atoms with Crippen molar-refractivity contribution in [1.82, 2.24) is 14.3 Å². The van der Waals surface area contributed by atoms with Crippen molar-refractivity contribution in [3.05, 3.63) is 58.9 Å². The lowest BCUT2D eigenvalue weighted by atomic mass is 10.1. The summed E-state index contributed by atoms with van der Waals surface area (Å²) in [4.78, 5) is 1.30. The number of likely N-dealkylation sites (tertiary alicyclic amines) is 1. The molecule has 1 aromatic heterocycles. The molecule has 0 radical (unpaired) electrons. The Morgan fingerprint density at radius 2 is 2.03 bits per heavy atom. The van der Waals surface area contributed by atoms with E-state index in [1.165, 1.54) is 10.5 Å². The fraction of sp³-hybridized carbons (Fsp3) is 0.391. The third-order valence-corrected chi connectivity index (χ3v) is 5.88. The van der Waals surface area contributed by atoms with Gasteiger partial charge in [0.1, 0.15) is 18.4 Å². The summed E-state index contributed by atoms with van der Waals surface area (Å²) >= 11 is 5.87. The minimum absolute atomic E-state index is 0.243. The number of nitrogens with one attached hydrogen (secondary N) is 1. The summed E-state index contributed by atoms with van der Waals surface area (Å²) < 4.78 is 10.2. The van der Waals surface area contributed by atoms with E-state index in [4.69, 9.17) is 22.1 Å². The van der Waals surface area contributed by atoms with Crippen molar-refractivity contribution in [3.63, 3.8) is 0 Å². The summed E-state index contributed by atoms with van der Waals surface area (Å²) in [6.07, 6.45) is 1.66. The van der Waals surface area contributed by atoms with Crippen LogP contribution in [0, 0.1) is 11.7 Å². The molecule has 3 aromatic rings. The first-order valence-corrected chi connectivity index (χ1v) is 11.0. The van der Waals surface area contributed by atoms with Gasteiger partial charge < -0.3 is 14.7 Å². The van der Waals surface area contributed by atoms with Crippen LogP contribution in [0.15, 0.2) is 48.5 Å². The van der Waals surface area contributed by atoms with Crippen LogP contribution in [0.3, 0.4) is 0 Å². The Bertz CT molecular complexity index is 1060. The van der Waals surface area contributed by atoms with E-state index in [0.29, 0.717) is 18.0 Å². The summed E-state index contributed by atoms with van der Waals surface area (Å²) in [7, 11) is 0. The smallest absolute Gasteiger partial charge is 0.207 e. The lowest BCUT2D eigenvalue weighted by molar-refractivity contribution is -0.931. The van der Waals surface area contributed by atoms with Crippen LogP contribution < -0.4 is 9.64 Å². The maximum Gasteiger partial charge on any atom is 0.207 e. The van der Waals surface area contributed by atoms with E-state index in [0.717, 1.165) is 48.8 Å². The van der Waals surface area contributed by atoms with Gasteiger partial charge >= 0.3 is 0 Å². The summed E-state index contributed by atoms with van der Waals surface area (Å²) in [5.74, 6) is 1.66. The van der Waals surface area contributed by atoms with Crippen molar-refractivity contribution in [2.45, 2.75) is 39.5 Å². The maximum atomic E-state index is 10.0. The Kier molecular flexibility index (Phi) is 6.32. The van der Waals surface area contributed by atoms with Gasteiger partial charge in [0.05, 0.1) is 18.8 Å². The number of hydrogen-bond donors (Lipinski definition) is 2. The Hall–Kier alpha value is -2.48. The number of aromatic nitrogens is 3.